The van der Waals surface area contributed by atoms with Crippen LogP contribution in [0.15, 0.2) is 66.7 Å². The van der Waals surface area contributed by atoms with E-state index in [2.05, 4.69) is 0 Å². The molecule has 0 heterocycles. The van der Waals surface area contributed by atoms with Crippen LogP contribution < -0.4 is 14.2 Å². The number of aryl methyl sites for hydroxylation is 2. The molecule has 0 fully saturated rings. The zero-order chi connectivity index (χ0) is 21.5. The van der Waals surface area contributed by atoms with Gasteiger partial charge in [0.25, 0.3) is 0 Å². The van der Waals surface area contributed by atoms with Gasteiger partial charge in [-0.15, -0.1) is 0 Å². The van der Waals surface area contributed by atoms with Gasteiger partial charge in [0, 0.05) is 11.1 Å². The van der Waals surface area contributed by atoms with E-state index in [9.17, 15) is 4.79 Å². The third kappa shape index (κ3) is 5.65. The lowest BCUT2D eigenvalue weighted by Gasteiger charge is -2.12. The van der Waals surface area contributed by atoms with Gasteiger partial charge in [0.1, 0.15) is 12.4 Å². The van der Waals surface area contributed by atoms with E-state index in [4.69, 9.17) is 25.8 Å². The first-order chi connectivity index (χ1) is 14.5. The van der Waals surface area contributed by atoms with Crippen molar-refractivity contribution < 1.29 is 19.0 Å². The molecular formula is C25H23ClO4. The van der Waals surface area contributed by atoms with E-state index in [-0.39, 0.29) is 0 Å². The Hall–Kier alpha value is -3.24. The molecule has 0 saturated heterocycles. The Labute approximate surface area is 181 Å². The quantitative estimate of drug-likeness (QED) is 0.260. The summed E-state index contributed by atoms with van der Waals surface area (Å²) >= 11 is 5.99. The summed E-state index contributed by atoms with van der Waals surface area (Å²) in [7, 11) is 1.58. The number of hydrogen-bond acceptors (Lipinski definition) is 4. The van der Waals surface area contributed by atoms with Crippen LogP contribution in [-0.4, -0.2) is 13.1 Å². The fourth-order valence-corrected chi connectivity index (χ4v) is 2.95. The summed E-state index contributed by atoms with van der Waals surface area (Å²) < 4.78 is 16.7. The Morgan fingerprint density at radius 1 is 0.967 bits per heavy atom. The average molecular weight is 423 g/mol. The molecule has 5 heteroatoms. The highest BCUT2D eigenvalue weighted by molar-refractivity contribution is 6.31. The summed E-state index contributed by atoms with van der Waals surface area (Å²) in [5.41, 5.74) is 3.92. The SMILES string of the molecule is COc1cc(/C=C/C(=O)Oc2ccc(Cl)c(C)c2)ccc1OCc1ccccc1C. The molecule has 3 aromatic rings. The van der Waals surface area contributed by atoms with E-state index >= 15 is 0 Å². The number of benzene rings is 3. The molecule has 3 rings (SSSR count). The van der Waals surface area contributed by atoms with Crippen LogP contribution in [-0.2, 0) is 11.4 Å². The largest absolute Gasteiger partial charge is 0.493 e. The van der Waals surface area contributed by atoms with Crippen molar-refractivity contribution in [1.29, 1.82) is 0 Å². The zero-order valence-electron chi connectivity index (χ0n) is 17.1. The first-order valence-electron chi connectivity index (χ1n) is 9.47. The van der Waals surface area contributed by atoms with Crippen molar-refractivity contribution in [2.45, 2.75) is 20.5 Å². The van der Waals surface area contributed by atoms with Crippen LogP contribution in [0.4, 0.5) is 0 Å². The second-order valence-corrected chi connectivity index (χ2v) is 7.20. The third-order valence-electron chi connectivity index (χ3n) is 4.59. The van der Waals surface area contributed by atoms with Crippen LogP contribution in [0.2, 0.25) is 5.02 Å². The Kier molecular flexibility index (Phi) is 7.15. The highest BCUT2D eigenvalue weighted by Crippen LogP contribution is 2.29. The van der Waals surface area contributed by atoms with Crippen molar-refractivity contribution in [1.82, 2.24) is 0 Å². The van der Waals surface area contributed by atoms with E-state index in [0.717, 1.165) is 16.7 Å². The molecule has 0 unspecified atom stereocenters. The minimum atomic E-state index is -0.476. The summed E-state index contributed by atoms with van der Waals surface area (Å²) in [6, 6.07) is 18.6. The maximum Gasteiger partial charge on any atom is 0.336 e. The molecule has 0 aliphatic carbocycles. The lowest BCUT2D eigenvalue weighted by Crippen LogP contribution is -2.03. The summed E-state index contributed by atoms with van der Waals surface area (Å²) in [5, 5.41) is 0.627. The molecule has 3 aromatic carbocycles. The van der Waals surface area contributed by atoms with Gasteiger partial charge in [0.05, 0.1) is 7.11 Å². The molecule has 0 saturated carbocycles. The molecular weight excluding hydrogens is 400 g/mol. The third-order valence-corrected chi connectivity index (χ3v) is 5.02. The minimum absolute atomic E-state index is 0.448. The standard InChI is InChI=1S/C25H23ClO4/c1-17-6-4-5-7-20(17)16-29-23-12-8-19(15-24(23)28-3)9-13-25(27)30-21-10-11-22(26)18(2)14-21/h4-15H,16H2,1-3H3/b13-9+. The second-order valence-electron chi connectivity index (χ2n) is 6.79. The number of halogens is 1. The number of methoxy groups -OCH3 is 1. The van der Waals surface area contributed by atoms with Gasteiger partial charge in [0.15, 0.2) is 11.5 Å². The van der Waals surface area contributed by atoms with Gasteiger partial charge in [-0.2, -0.15) is 0 Å². The molecule has 4 nitrogen and oxygen atoms in total. The van der Waals surface area contributed by atoms with Crippen LogP contribution in [0.3, 0.4) is 0 Å². The molecule has 0 N–H and O–H groups in total. The average Bonchev–Trinajstić information content (AvgIpc) is 2.74. The predicted molar refractivity (Wildman–Crippen MR) is 119 cm³/mol. The summed E-state index contributed by atoms with van der Waals surface area (Å²) in [6.45, 7) is 4.35. The van der Waals surface area contributed by atoms with Crippen LogP contribution >= 0.6 is 11.6 Å². The van der Waals surface area contributed by atoms with Crippen LogP contribution in [0.1, 0.15) is 22.3 Å². The molecule has 0 aliphatic rings. The van der Waals surface area contributed by atoms with Gasteiger partial charge < -0.3 is 14.2 Å². The van der Waals surface area contributed by atoms with Crippen LogP contribution in [0.25, 0.3) is 6.08 Å². The van der Waals surface area contributed by atoms with Crippen molar-refractivity contribution in [2.24, 2.45) is 0 Å². The Balaban J connectivity index is 1.65. The molecule has 30 heavy (non-hydrogen) atoms. The van der Waals surface area contributed by atoms with Crippen molar-refractivity contribution in [3.63, 3.8) is 0 Å². The number of esters is 1. The highest BCUT2D eigenvalue weighted by Gasteiger charge is 2.07. The van der Waals surface area contributed by atoms with E-state index in [1.807, 2.05) is 56.3 Å². The maximum absolute atomic E-state index is 12.1. The molecule has 0 spiro atoms. The summed E-state index contributed by atoms with van der Waals surface area (Å²) in [5.74, 6) is 1.20. The molecule has 0 aliphatic heterocycles. The Morgan fingerprint density at radius 2 is 1.77 bits per heavy atom. The van der Waals surface area contributed by atoms with E-state index in [0.29, 0.717) is 28.9 Å². The smallest absolute Gasteiger partial charge is 0.336 e. The number of hydrogen-bond donors (Lipinski definition) is 0. The van der Waals surface area contributed by atoms with Gasteiger partial charge in [-0.05, 0) is 72.5 Å². The fourth-order valence-electron chi connectivity index (χ4n) is 2.83. The molecule has 0 amide bonds. The predicted octanol–water partition coefficient (Wildman–Crippen LogP) is 6.16. The second kappa shape index (κ2) is 9.99. The number of carbonyl (C=O) groups excluding carboxylic acids is 1. The first-order valence-corrected chi connectivity index (χ1v) is 9.85. The van der Waals surface area contributed by atoms with Crippen molar-refractivity contribution >= 4 is 23.6 Å². The Bertz CT molecular complexity index is 1070. The van der Waals surface area contributed by atoms with Gasteiger partial charge in [-0.25, -0.2) is 4.79 Å². The number of rotatable bonds is 7. The maximum atomic E-state index is 12.1. The number of ether oxygens (including phenoxy) is 3. The monoisotopic (exact) mass is 422 g/mol. The summed E-state index contributed by atoms with van der Waals surface area (Å²) in [6.07, 6.45) is 3.03. The number of carbonyl (C=O) groups is 1. The van der Waals surface area contributed by atoms with Crippen LogP contribution in [0, 0.1) is 13.8 Å². The molecule has 0 aromatic heterocycles. The normalized spacial score (nSPS) is 10.8. The van der Waals surface area contributed by atoms with Crippen molar-refractivity contribution in [3.8, 4) is 17.2 Å². The summed E-state index contributed by atoms with van der Waals surface area (Å²) in [4.78, 5) is 12.1. The topological polar surface area (TPSA) is 44.8 Å². The highest BCUT2D eigenvalue weighted by atomic mass is 35.5. The van der Waals surface area contributed by atoms with Gasteiger partial charge in [-0.3, -0.25) is 0 Å². The van der Waals surface area contributed by atoms with Gasteiger partial charge >= 0.3 is 5.97 Å². The Morgan fingerprint density at radius 3 is 2.50 bits per heavy atom. The molecule has 0 radical (unpaired) electrons. The lowest BCUT2D eigenvalue weighted by molar-refractivity contribution is -0.128. The first kappa shape index (κ1) is 21.5. The fraction of sp³-hybridized carbons (Fsp3) is 0.160. The lowest BCUT2D eigenvalue weighted by atomic mass is 10.1. The van der Waals surface area contributed by atoms with Crippen LogP contribution in [0.5, 0.6) is 17.2 Å². The molecule has 0 bridgehead atoms. The zero-order valence-corrected chi connectivity index (χ0v) is 17.9. The molecule has 154 valence electrons. The van der Waals surface area contributed by atoms with Gasteiger partial charge in [0.2, 0.25) is 0 Å². The minimum Gasteiger partial charge on any atom is -0.493 e. The van der Waals surface area contributed by atoms with E-state index in [1.54, 1.807) is 31.4 Å². The van der Waals surface area contributed by atoms with E-state index in [1.165, 1.54) is 11.6 Å². The van der Waals surface area contributed by atoms with E-state index < -0.39 is 5.97 Å². The van der Waals surface area contributed by atoms with Crippen molar-refractivity contribution in [2.75, 3.05) is 7.11 Å². The molecule has 0 atom stereocenters. The van der Waals surface area contributed by atoms with Gasteiger partial charge in [-0.1, -0.05) is 41.9 Å². The van der Waals surface area contributed by atoms with Crippen molar-refractivity contribution in [3.05, 3.63) is 94.0 Å².